The fraction of sp³-hybridized carbons (Fsp3) is 0.632. The van der Waals surface area contributed by atoms with Gasteiger partial charge in [-0.25, -0.2) is 4.79 Å². The van der Waals surface area contributed by atoms with Gasteiger partial charge < -0.3 is 15.0 Å². The van der Waals surface area contributed by atoms with Crippen molar-refractivity contribution >= 4 is 11.8 Å². The molecule has 0 aromatic heterocycles. The number of carbonyl (C=O) groups excluding carboxylic acids is 1. The van der Waals surface area contributed by atoms with E-state index >= 15 is 0 Å². The molecule has 0 saturated carbocycles. The molecule has 0 radical (unpaired) electrons. The van der Waals surface area contributed by atoms with E-state index in [2.05, 4.69) is 5.32 Å². The summed E-state index contributed by atoms with van der Waals surface area (Å²) in [5, 5.41) is 14.1. The van der Waals surface area contributed by atoms with Crippen molar-refractivity contribution < 1.29 is 14.5 Å². The highest BCUT2D eigenvalue weighted by Crippen LogP contribution is 2.19. The monoisotopic (exact) mass is 363 g/mol. The van der Waals surface area contributed by atoms with Gasteiger partial charge in [0.25, 0.3) is 5.69 Å². The zero-order chi connectivity index (χ0) is 19.2. The average molecular weight is 363 g/mol. The molecule has 0 bridgehead atoms. The van der Waals surface area contributed by atoms with E-state index in [1.165, 1.54) is 12.1 Å². The van der Waals surface area contributed by atoms with Crippen LogP contribution in [-0.2, 0) is 11.2 Å². The molecular formula is C19H29N3O4. The van der Waals surface area contributed by atoms with Gasteiger partial charge in [-0.3, -0.25) is 10.1 Å². The number of piperidine rings is 1. The maximum Gasteiger partial charge on any atom is 0.410 e. The lowest BCUT2D eigenvalue weighted by molar-refractivity contribution is -0.384. The predicted octanol–water partition coefficient (Wildman–Crippen LogP) is 3.37. The van der Waals surface area contributed by atoms with Crippen LogP contribution in [0.2, 0.25) is 0 Å². The minimum absolute atomic E-state index is 0.117. The smallest absolute Gasteiger partial charge is 0.410 e. The van der Waals surface area contributed by atoms with Crippen LogP contribution in [0.15, 0.2) is 24.3 Å². The number of hydrogen-bond donors (Lipinski definition) is 1. The van der Waals surface area contributed by atoms with Crippen LogP contribution in [-0.4, -0.2) is 47.7 Å². The second kappa shape index (κ2) is 8.98. The zero-order valence-electron chi connectivity index (χ0n) is 15.9. The van der Waals surface area contributed by atoms with Crippen molar-refractivity contribution in [2.75, 3.05) is 26.2 Å². The fourth-order valence-corrected chi connectivity index (χ4v) is 3.05. The average Bonchev–Trinajstić information content (AvgIpc) is 2.58. The molecule has 26 heavy (non-hydrogen) atoms. The summed E-state index contributed by atoms with van der Waals surface area (Å²) in [7, 11) is 0. The predicted molar refractivity (Wildman–Crippen MR) is 100 cm³/mol. The van der Waals surface area contributed by atoms with Crippen LogP contribution in [0, 0.1) is 16.0 Å². The summed E-state index contributed by atoms with van der Waals surface area (Å²) in [6.45, 7) is 8.78. The van der Waals surface area contributed by atoms with E-state index in [1.807, 2.05) is 20.8 Å². The largest absolute Gasteiger partial charge is 0.444 e. The fourth-order valence-electron chi connectivity index (χ4n) is 3.05. The van der Waals surface area contributed by atoms with Crippen LogP contribution in [0.4, 0.5) is 10.5 Å². The van der Waals surface area contributed by atoms with Gasteiger partial charge in [-0.1, -0.05) is 12.1 Å². The summed E-state index contributed by atoms with van der Waals surface area (Å²) < 4.78 is 5.45. The summed E-state index contributed by atoms with van der Waals surface area (Å²) in [5.74, 6) is 0.424. The van der Waals surface area contributed by atoms with Crippen molar-refractivity contribution in [2.24, 2.45) is 5.92 Å². The maximum atomic E-state index is 12.2. The molecule has 1 saturated heterocycles. The molecule has 2 rings (SSSR count). The number of ether oxygens (including phenoxy) is 1. The van der Waals surface area contributed by atoms with Crippen LogP contribution in [0.1, 0.15) is 39.2 Å². The van der Waals surface area contributed by atoms with Crippen molar-refractivity contribution in [1.82, 2.24) is 10.2 Å². The molecule has 1 heterocycles. The number of nitro benzene ring substituents is 1. The molecule has 1 amide bonds. The lowest BCUT2D eigenvalue weighted by Crippen LogP contribution is -2.45. The first-order valence-corrected chi connectivity index (χ1v) is 9.16. The third-order valence-electron chi connectivity index (χ3n) is 4.34. The number of nitrogens with one attached hydrogen (secondary N) is 1. The molecule has 1 N–H and O–H groups in total. The van der Waals surface area contributed by atoms with E-state index in [0.717, 1.165) is 51.0 Å². The summed E-state index contributed by atoms with van der Waals surface area (Å²) in [6, 6.07) is 6.67. The van der Waals surface area contributed by atoms with E-state index in [0.29, 0.717) is 5.92 Å². The van der Waals surface area contributed by atoms with E-state index in [9.17, 15) is 14.9 Å². The number of rotatable bonds is 6. The van der Waals surface area contributed by atoms with Gasteiger partial charge in [0.05, 0.1) is 4.92 Å². The maximum absolute atomic E-state index is 12.2. The topological polar surface area (TPSA) is 84.7 Å². The van der Waals surface area contributed by atoms with Crippen molar-refractivity contribution in [3.8, 4) is 0 Å². The Morgan fingerprint density at radius 1 is 1.35 bits per heavy atom. The van der Waals surface area contributed by atoms with Crippen LogP contribution in [0.5, 0.6) is 0 Å². The van der Waals surface area contributed by atoms with Gasteiger partial charge in [0, 0.05) is 25.2 Å². The normalized spacial score (nSPS) is 17.8. The number of benzene rings is 1. The Kier molecular flexibility index (Phi) is 6.97. The number of nitro groups is 1. The second-order valence-corrected chi connectivity index (χ2v) is 7.81. The highest BCUT2D eigenvalue weighted by atomic mass is 16.6. The van der Waals surface area contributed by atoms with Crippen molar-refractivity contribution in [2.45, 2.75) is 45.6 Å². The number of non-ortho nitro benzene ring substituents is 1. The van der Waals surface area contributed by atoms with Gasteiger partial charge in [0.1, 0.15) is 5.60 Å². The molecule has 0 aliphatic carbocycles. The Morgan fingerprint density at radius 2 is 2.04 bits per heavy atom. The van der Waals surface area contributed by atoms with Gasteiger partial charge >= 0.3 is 6.09 Å². The van der Waals surface area contributed by atoms with Gasteiger partial charge in [-0.05, 0) is 64.6 Å². The molecule has 1 aliphatic heterocycles. The third-order valence-corrected chi connectivity index (χ3v) is 4.34. The quantitative estimate of drug-likeness (QED) is 0.476. The minimum Gasteiger partial charge on any atom is -0.444 e. The van der Waals surface area contributed by atoms with Gasteiger partial charge in [-0.15, -0.1) is 0 Å². The first-order valence-electron chi connectivity index (χ1n) is 9.16. The minimum atomic E-state index is -0.465. The molecule has 1 aromatic carbocycles. The molecule has 1 unspecified atom stereocenters. The first kappa shape index (κ1) is 20.2. The van der Waals surface area contributed by atoms with Crippen LogP contribution in [0.3, 0.4) is 0 Å². The molecule has 0 spiro atoms. The summed E-state index contributed by atoms with van der Waals surface area (Å²) in [4.78, 5) is 24.3. The summed E-state index contributed by atoms with van der Waals surface area (Å²) in [5.41, 5.74) is 0.723. The first-order chi connectivity index (χ1) is 12.2. The number of carbonyl (C=O) groups is 1. The van der Waals surface area contributed by atoms with E-state index < -0.39 is 5.60 Å². The Labute approximate surface area is 154 Å². The Hall–Kier alpha value is -2.15. The Bertz CT molecular complexity index is 610. The molecule has 1 aromatic rings. The van der Waals surface area contributed by atoms with Crippen molar-refractivity contribution in [1.29, 1.82) is 0 Å². The van der Waals surface area contributed by atoms with Crippen molar-refractivity contribution in [3.05, 3.63) is 39.9 Å². The Morgan fingerprint density at radius 3 is 2.65 bits per heavy atom. The molecule has 144 valence electrons. The second-order valence-electron chi connectivity index (χ2n) is 7.81. The third kappa shape index (κ3) is 6.63. The van der Waals surface area contributed by atoms with Crippen LogP contribution < -0.4 is 5.32 Å². The standard InChI is InChI=1S/C19H29N3O4/c1-19(2,3)26-18(23)21-12-4-5-16(14-21)13-20-11-10-15-6-8-17(9-7-15)22(24)25/h6-9,16,20H,4-5,10-14H2,1-3H3. The highest BCUT2D eigenvalue weighted by Gasteiger charge is 2.27. The van der Waals surface area contributed by atoms with Gasteiger partial charge in [-0.2, -0.15) is 0 Å². The number of amides is 1. The lowest BCUT2D eigenvalue weighted by Gasteiger charge is -2.34. The number of likely N-dealkylation sites (tertiary alicyclic amines) is 1. The van der Waals surface area contributed by atoms with Crippen LogP contribution >= 0.6 is 0 Å². The molecule has 1 fully saturated rings. The number of nitrogens with zero attached hydrogens (tertiary/aromatic N) is 2. The Balaban J connectivity index is 1.70. The molecule has 1 aliphatic rings. The van der Waals surface area contributed by atoms with E-state index in [4.69, 9.17) is 4.74 Å². The van der Waals surface area contributed by atoms with Gasteiger partial charge in [0.2, 0.25) is 0 Å². The van der Waals surface area contributed by atoms with E-state index in [-0.39, 0.29) is 16.7 Å². The molecule has 7 heteroatoms. The number of hydrogen-bond acceptors (Lipinski definition) is 5. The molecular weight excluding hydrogens is 334 g/mol. The zero-order valence-corrected chi connectivity index (χ0v) is 15.9. The lowest BCUT2D eigenvalue weighted by atomic mass is 9.98. The SMILES string of the molecule is CC(C)(C)OC(=O)N1CCCC(CNCCc2ccc([N+](=O)[O-])cc2)C1. The molecule has 1 atom stereocenters. The van der Waals surface area contributed by atoms with E-state index in [1.54, 1.807) is 17.0 Å². The molecule has 7 nitrogen and oxygen atoms in total. The van der Waals surface area contributed by atoms with Gasteiger partial charge in [0.15, 0.2) is 0 Å². The summed E-state index contributed by atoms with van der Waals surface area (Å²) in [6.07, 6.45) is 2.69. The summed E-state index contributed by atoms with van der Waals surface area (Å²) >= 11 is 0. The van der Waals surface area contributed by atoms with Crippen LogP contribution in [0.25, 0.3) is 0 Å². The van der Waals surface area contributed by atoms with Crippen molar-refractivity contribution in [3.63, 3.8) is 0 Å². The highest BCUT2D eigenvalue weighted by molar-refractivity contribution is 5.68.